The van der Waals surface area contributed by atoms with E-state index in [0.29, 0.717) is 5.56 Å². The largest absolute Gasteiger partial charge is 0.397 e. The van der Waals surface area contributed by atoms with E-state index >= 15 is 0 Å². The quantitative estimate of drug-likeness (QED) is 0.434. The Hall–Kier alpha value is -1.73. The number of ketones is 1. The van der Waals surface area contributed by atoms with Crippen LogP contribution in [0, 0.1) is 11.3 Å². The van der Waals surface area contributed by atoms with Crippen LogP contribution >= 0.6 is 11.6 Å². The highest BCUT2D eigenvalue weighted by Crippen LogP contribution is 2.22. The third-order valence-corrected chi connectivity index (χ3v) is 2.01. The minimum atomic E-state index is -0.340. The Morgan fingerprint density at radius 1 is 1.50 bits per heavy atom. The van der Waals surface area contributed by atoms with E-state index in [2.05, 4.69) is 0 Å². The molecule has 0 atom stereocenters. The van der Waals surface area contributed by atoms with Gasteiger partial charge in [-0.3, -0.25) is 4.79 Å². The van der Waals surface area contributed by atoms with Gasteiger partial charge in [-0.05, 0) is 12.1 Å². The van der Waals surface area contributed by atoms with Gasteiger partial charge in [0.25, 0.3) is 0 Å². The van der Waals surface area contributed by atoms with Crippen molar-refractivity contribution < 1.29 is 4.79 Å². The van der Waals surface area contributed by atoms with Crippen LogP contribution < -0.4 is 11.5 Å². The highest BCUT2D eigenvalue weighted by Gasteiger charge is 2.12. The van der Waals surface area contributed by atoms with Crippen molar-refractivity contribution in [2.24, 2.45) is 0 Å². The number of anilines is 2. The molecule has 1 rings (SSSR count). The normalized spacial score (nSPS) is 9.43. The van der Waals surface area contributed by atoms with Gasteiger partial charge in [0.1, 0.15) is 0 Å². The third kappa shape index (κ3) is 1.78. The second kappa shape index (κ2) is 3.99. The van der Waals surface area contributed by atoms with Crippen LogP contribution in [0.5, 0.6) is 0 Å². The van der Waals surface area contributed by atoms with Gasteiger partial charge in [-0.1, -0.05) is 0 Å². The second-order valence-corrected chi connectivity index (χ2v) is 2.96. The van der Waals surface area contributed by atoms with Gasteiger partial charge in [0, 0.05) is 5.56 Å². The lowest BCUT2D eigenvalue weighted by Crippen LogP contribution is -2.08. The molecule has 0 aliphatic heterocycles. The van der Waals surface area contributed by atoms with E-state index in [4.69, 9.17) is 28.3 Å². The number of nitrogens with two attached hydrogens (primary N) is 2. The number of carbonyl (C=O) groups is 1. The molecular formula is C9H8ClN3O. The predicted molar refractivity (Wildman–Crippen MR) is 55.0 cm³/mol. The van der Waals surface area contributed by atoms with Crippen molar-refractivity contribution in [3.8, 4) is 6.07 Å². The molecule has 0 fully saturated rings. The van der Waals surface area contributed by atoms with Crippen molar-refractivity contribution >= 4 is 28.8 Å². The van der Waals surface area contributed by atoms with Crippen LogP contribution in [0.15, 0.2) is 12.1 Å². The van der Waals surface area contributed by atoms with Gasteiger partial charge in [-0.15, -0.1) is 11.6 Å². The van der Waals surface area contributed by atoms with Crippen LogP contribution in [0.3, 0.4) is 0 Å². The highest BCUT2D eigenvalue weighted by molar-refractivity contribution is 6.31. The van der Waals surface area contributed by atoms with E-state index in [1.807, 2.05) is 6.07 Å². The Kier molecular flexibility index (Phi) is 2.95. The molecule has 4 nitrogen and oxygen atoms in total. The molecule has 14 heavy (non-hydrogen) atoms. The smallest absolute Gasteiger partial charge is 0.179 e. The van der Waals surface area contributed by atoms with Crippen LogP contribution in [-0.2, 0) is 0 Å². The molecule has 0 aliphatic rings. The van der Waals surface area contributed by atoms with E-state index in [1.54, 1.807) is 0 Å². The van der Waals surface area contributed by atoms with E-state index in [-0.39, 0.29) is 28.6 Å². The minimum absolute atomic E-state index is 0.176. The standard InChI is InChI=1S/C9H8ClN3O/c10-3-8(14)6-1-5(4-11)2-7(12)9(6)13/h1-2H,3,12-13H2. The maximum atomic E-state index is 11.3. The second-order valence-electron chi connectivity index (χ2n) is 2.70. The lowest BCUT2D eigenvalue weighted by molar-refractivity contribution is 0.102. The Morgan fingerprint density at radius 2 is 2.14 bits per heavy atom. The molecule has 1 aromatic rings. The van der Waals surface area contributed by atoms with Gasteiger partial charge in [0.15, 0.2) is 5.78 Å². The first-order valence-electron chi connectivity index (χ1n) is 3.78. The maximum absolute atomic E-state index is 11.3. The summed E-state index contributed by atoms with van der Waals surface area (Å²) in [4.78, 5) is 11.3. The van der Waals surface area contributed by atoms with Crippen LogP contribution in [0.2, 0.25) is 0 Å². The number of benzene rings is 1. The minimum Gasteiger partial charge on any atom is -0.397 e. The molecule has 0 spiro atoms. The van der Waals surface area contributed by atoms with Crippen molar-refractivity contribution in [3.63, 3.8) is 0 Å². The molecule has 0 saturated heterocycles. The molecule has 0 bridgehead atoms. The van der Waals surface area contributed by atoms with E-state index in [9.17, 15) is 4.79 Å². The Balaban J connectivity index is 3.36. The summed E-state index contributed by atoms with van der Waals surface area (Å²) in [5.41, 5.74) is 12.0. The number of alkyl halides is 1. The molecule has 0 saturated carbocycles. The summed E-state index contributed by atoms with van der Waals surface area (Å²) in [6.45, 7) is 0. The van der Waals surface area contributed by atoms with Crippen molar-refractivity contribution in [2.45, 2.75) is 0 Å². The first kappa shape index (κ1) is 10.4. The number of hydrogen-bond acceptors (Lipinski definition) is 4. The van der Waals surface area contributed by atoms with Gasteiger partial charge >= 0.3 is 0 Å². The number of nitriles is 1. The zero-order chi connectivity index (χ0) is 10.7. The average molecular weight is 210 g/mol. The van der Waals surface area contributed by atoms with Crippen molar-refractivity contribution in [3.05, 3.63) is 23.3 Å². The van der Waals surface area contributed by atoms with Gasteiger partial charge in [-0.2, -0.15) is 5.26 Å². The number of nitrogen functional groups attached to an aromatic ring is 2. The number of carbonyl (C=O) groups excluding carboxylic acids is 1. The molecule has 5 heteroatoms. The van der Waals surface area contributed by atoms with Crippen molar-refractivity contribution in [1.82, 2.24) is 0 Å². The first-order valence-corrected chi connectivity index (χ1v) is 4.32. The number of rotatable bonds is 2. The van der Waals surface area contributed by atoms with Crippen LogP contribution in [-0.4, -0.2) is 11.7 Å². The Bertz CT molecular complexity index is 423. The molecule has 0 heterocycles. The third-order valence-electron chi connectivity index (χ3n) is 1.76. The lowest BCUT2D eigenvalue weighted by Gasteiger charge is -2.06. The molecule has 0 aromatic heterocycles. The summed E-state index contributed by atoms with van der Waals surface area (Å²) in [6, 6.07) is 4.69. The molecule has 1 aromatic carbocycles. The van der Waals surface area contributed by atoms with Crippen LogP contribution in [0.1, 0.15) is 15.9 Å². The number of hydrogen-bond donors (Lipinski definition) is 2. The fraction of sp³-hybridized carbons (Fsp3) is 0.111. The molecule has 0 aliphatic carbocycles. The maximum Gasteiger partial charge on any atom is 0.179 e. The average Bonchev–Trinajstić information content (AvgIpc) is 2.20. The molecular weight excluding hydrogens is 202 g/mol. The van der Waals surface area contributed by atoms with E-state index < -0.39 is 0 Å². The summed E-state index contributed by atoms with van der Waals surface area (Å²) in [7, 11) is 0. The summed E-state index contributed by atoms with van der Waals surface area (Å²) >= 11 is 5.38. The summed E-state index contributed by atoms with van der Waals surface area (Å²) < 4.78 is 0. The zero-order valence-corrected chi connectivity index (χ0v) is 8.01. The van der Waals surface area contributed by atoms with E-state index in [1.165, 1.54) is 12.1 Å². The lowest BCUT2D eigenvalue weighted by atomic mass is 10.0. The Labute approximate surface area is 86.1 Å². The fourth-order valence-corrected chi connectivity index (χ4v) is 1.19. The SMILES string of the molecule is N#Cc1cc(N)c(N)c(C(=O)CCl)c1. The molecule has 0 amide bonds. The zero-order valence-electron chi connectivity index (χ0n) is 7.25. The van der Waals surface area contributed by atoms with Crippen LogP contribution in [0.4, 0.5) is 11.4 Å². The topological polar surface area (TPSA) is 92.9 Å². The van der Waals surface area contributed by atoms with Gasteiger partial charge in [0.05, 0.1) is 28.9 Å². The van der Waals surface area contributed by atoms with Crippen LogP contribution in [0.25, 0.3) is 0 Å². The predicted octanol–water partition coefficient (Wildman–Crippen LogP) is 1.14. The summed E-state index contributed by atoms with van der Waals surface area (Å²) in [6.07, 6.45) is 0. The molecule has 72 valence electrons. The number of halogens is 1. The monoisotopic (exact) mass is 209 g/mol. The highest BCUT2D eigenvalue weighted by atomic mass is 35.5. The summed E-state index contributed by atoms with van der Waals surface area (Å²) in [5, 5.41) is 8.64. The van der Waals surface area contributed by atoms with Gasteiger partial charge < -0.3 is 11.5 Å². The molecule has 0 unspecified atom stereocenters. The summed E-state index contributed by atoms with van der Waals surface area (Å²) in [5.74, 6) is -0.522. The van der Waals surface area contributed by atoms with Crippen molar-refractivity contribution in [2.75, 3.05) is 17.3 Å². The number of Topliss-reactive ketones (excluding diaryl/α,β-unsaturated/α-hetero) is 1. The fourth-order valence-electron chi connectivity index (χ4n) is 1.04. The number of nitrogens with zero attached hydrogens (tertiary/aromatic N) is 1. The van der Waals surface area contributed by atoms with Gasteiger partial charge in [-0.25, -0.2) is 0 Å². The van der Waals surface area contributed by atoms with Crippen molar-refractivity contribution in [1.29, 1.82) is 5.26 Å². The first-order chi connectivity index (χ1) is 6.60. The molecule has 4 N–H and O–H groups in total. The van der Waals surface area contributed by atoms with Gasteiger partial charge in [0.2, 0.25) is 0 Å². The Morgan fingerprint density at radius 3 is 2.64 bits per heavy atom. The van der Waals surface area contributed by atoms with E-state index in [0.717, 1.165) is 0 Å². The molecule has 0 radical (unpaired) electrons.